The van der Waals surface area contributed by atoms with Crippen LogP contribution in [0.3, 0.4) is 0 Å². The quantitative estimate of drug-likeness (QED) is 0.539. The molecule has 162 valence electrons. The Labute approximate surface area is 179 Å². The van der Waals surface area contributed by atoms with Gasteiger partial charge in [0, 0.05) is 0 Å². The molecule has 0 aliphatic carbocycles. The number of aliphatic hydroxyl groups is 1. The summed E-state index contributed by atoms with van der Waals surface area (Å²) in [7, 11) is 1.52. The average molecular weight is 423 g/mol. The lowest BCUT2D eigenvalue weighted by molar-refractivity contribution is 0.0894. The van der Waals surface area contributed by atoms with E-state index in [2.05, 4.69) is 15.5 Å². The predicted molar refractivity (Wildman–Crippen MR) is 117 cm³/mol. The van der Waals surface area contributed by atoms with Gasteiger partial charge in [-0.15, -0.1) is 0 Å². The largest absolute Gasteiger partial charge is 0.495 e. The number of benzene rings is 2. The van der Waals surface area contributed by atoms with E-state index < -0.39 is 0 Å². The van der Waals surface area contributed by atoms with Crippen molar-refractivity contribution >= 4 is 29.0 Å². The molecule has 0 fully saturated rings. The molecule has 0 bridgehead atoms. The van der Waals surface area contributed by atoms with Crippen molar-refractivity contribution in [3.8, 4) is 17.2 Å². The van der Waals surface area contributed by atoms with Crippen LogP contribution in [0, 0.1) is 5.92 Å². The molecule has 1 unspecified atom stereocenters. The first-order chi connectivity index (χ1) is 15.0. The summed E-state index contributed by atoms with van der Waals surface area (Å²) in [5.74, 6) is 1.64. The number of ether oxygens (including phenoxy) is 3. The van der Waals surface area contributed by atoms with Gasteiger partial charge in [0.1, 0.15) is 5.75 Å². The van der Waals surface area contributed by atoms with E-state index in [-0.39, 0.29) is 31.3 Å². The van der Waals surface area contributed by atoms with Gasteiger partial charge in [-0.05, 0) is 41.8 Å². The number of aromatic amines is 1. The number of carbonyl (C=O) groups is 1. The molecule has 8 heteroatoms. The van der Waals surface area contributed by atoms with E-state index in [4.69, 9.17) is 14.2 Å². The van der Waals surface area contributed by atoms with Gasteiger partial charge in [-0.2, -0.15) is 5.10 Å². The molecule has 4 rings (SSSR count). The maximum atomic E-state index is 12.9. The molecule has 0 saturated heterocycles. The average Bonchev–Trinajstić information content (AvgIpc) is 3.41. The molecule has 3 N–H and O–H groups in total. The lowest BCUT2D eigenvalue weighted by atomic mass is 10.0. The van der Waals surface area contributed by atoms with E-state index in [0.717, 1.165) is 16.8 Å². The van der Waals surface area contributed by atoms with Crippen molar-refractivity contribution in [1.29, 1.82) is 0 Å². The third kappa shape index (κ3) is 4.06. The number of nitrogens with zero attached hydrogens (tertiary/aromatic N) is 1. The molecule has 3 aromatic rings. The van der Waals surface area contributed by atoms with Crippen LogP contribution in [0.1, 0.15) is 35.5 Å². The summed E-state index contributed by atoms with van der Waals surface area (Å²) in [6, 6.07) is 8.82. The van der Waals surface area contributed by atoms with Gasteiger partial charge in [0.25, 0.3) is 5.91 Å². The van der Waals surface area contributed by atoms with Crippen molar-refractivity contribution in [3.05, 3.63) is 47.2 Å². The number of rotatable bonds is 7. The summed E-state index contributed by atoms with van der Waals surface area (Å²) < 4.78 is 16.4. The first-order valence-corrected chi connectivity index (χ1v) is 10.1. The molecule has 1 atom stereocenters. The van der Waals surface area contributed by atoms with Crippen LogP contribution in [0.15, 0.2) is 30.3 Å². The number of aromatic nitrogens is 2. The van der Waals surface area contributed by atoms with Crippen LogP contribution in [0.5, 0.6) is 17.2 Å². The molecule has 1 aliphatic heterocycles. The highest BCUT2D eigenvalue weighted by Crippen LogP contribution is 2.34. The Balaban J connectivity index is 1.67. The Hall–Kier alpha value is -3.52. The summed E-state index contributed by atoms with van der Waals surface area (Å²) in [5, 5.41) is 20.5. The van der Waals surface area contributed by atoms with Gasteiger partial charge in [0.2, 0.25) is 6.79 Å². The normalized spacial score (nSPS) is 13.8. The van der Waals surface area contributed by atoms with E-state index >= 15 is 0 Å². The van der Waals surface area contributed by atoms with E-state index in [1.807, 2.05) is 44.2 Å². The first-order valence-electron chi connectivity index (χ1n) is 10.1. The number of carbonyl (C=O) groups excluding carboxylic acids is 1. The predicted octanol–water partition coefficient (Wildman–Crippen LogP) is 3.22. The third-order valence-electron chi connectivity index (χ3n) is 5.31. The number of hydrogen-bond donors (Lipinski definition) is 3. The van der Waals surface area contributed by atoms with Crippen LogP contribution in [0.25, 0.3) is 23.1 Å². The van der Waals surface area contributed by atoms with Gasteiger partial charge >= 0.3 is 0 Å². The molecular formula is C23H25N3O5. The summed E-state index contributed by atoms with van der Waals surface area (Å²) in [5.41, 5.74) is 2.70. The SMILES string of the molecule is COc1c(C(=O)NC(CO)C(C)C)ccc2[nH]nc(C=Cc3ccc4c(c3)OCO4)c12. The van der Waals surface area contributed by atoms with Gasteiger partial charge < -0.3 is 24.6 Å². The van der Waals surface area contributed by atoms with E-state index in [9.17, 15) is 9.90 Å². The molecule has 1 amide bonds. The lowest BCUT2D eigenvalue weighted by Crippen LogP contribution is -2.41. The second-order valence-electron chi connectivity index (χ2n) is 7.63. The zero-order chi connectivity index (χ0) is 22.0. The second kappa shape index (κ2) is 8.69. The van der Waals surface area contributed by atoms with Crippen molar-refractivity contribution in [2.75, 3.05) is 20.5 Å². The fourth-order valence-corrected chi connectivity index (χ4v) is 3.48. The number of nitrogens with one attached hydrogen (secondary N) is 2. The van der Waals surface area contributed by atoms with Crippen LogP contribution in [0.2, 0.25) is 0 Å². The monoisotopic (exact) mass is 423 g/mol. The molecule has 0 radical (unpaired) electrons. The number of amides is 1. The number of hydrogen-bond acceptors (Lipinski definition) is 6. The molecule has 1 aliphatic rings. The molecule has 0 saturated carbocycles. The highest BCUT2D eigenvalue weighted by Gasteiger charge is 2.22. The molecule has 8 nitrogen and oxygen atoms in total. The molecule has 2 heterocycles. The van der Waals surface area contributed by atoms with E-state index in [1.54, 1.807) is 12.1 Å². The smallest absolute Gasteiger partial charge is 0.255 e. The maximum absolute atomic E-state index is 12.9. The summed E-state index contributed by atoms with van der Waals surface area (Å²) in [6.45, 7) is 3.97. The molecule has 2 aromatic carbocycles. The van der Waals surface area contributed by atoms with Gasteiger partial charge in [-0.25, -0.2) is 0 Å². The minimum Gasteiger partial charge on any atom is -0.495 e. The lowest BCUT2D eigenvalue weighted by Gasteiger charge is -2.20. The van der Waals surface area contributed by atoms with Crippen LogP contribution < -0.4 is 19.5 Å². The third-order valence-corrected chi connectivity index (χ3v) is 5.31. The van der Waals surface area contributed by atoms with Crippen molar-refractivity contribution in [3.63, 3.8) is 0 Å². The van der Waals surface area contributed by atoms with Gasteiger partial charge in [-0.1, -0.05) is 26.0 Å². The second-order valence-corrected chi connectivity index (χ2v) is 7.63. The minimum absolute atomic E-state index is 0.0952. The maximum Gasteiger partial charge on any atom is 0.255 e. The summed E-state index contributed by atoms with van der Waals surface area (Å²) in [6.07, 6.45) is 3.76. The van der Waals surface area contributed by atoms with Crippen LogP contribution in [-0.4, -0.2) is 47.8 Å². The Kier molecular flexibility index (Phi) is 5.81. The fraction of sp³-hybridized carbons (Fsp3) is 0.304. The molecule has 1 aromatic heterocycles. The van der Waals surface area contributed by atoms with Crippen LogP contribution in [0.4, 0.5) is 0 Å². The number of H-pyrrole nitrogens is 1. The number of methoxy groups -OCH3 is 1. The van der Waals surface area contributed by atoms with Crippen LogP contribution in [-0.2, 0) is 0 Å². The number of fused-ring (bicyclic) bond motifs is 2. The van der Waals surface area contributed by atoms with Gasteiger partial charge in [0.15, 0.2) is 11.5 Å². The molecule has 31 heavy (non-hydrogen) atoms. The highest BCUT2D eigenvalue weighted by molar-refractivity contribution is 6.05. The van der Waals surface area contributed by atoms with Crippen molar-refractivity contribution in [2.24, 2.45) is 5.92 Å². The number of aliphatic hydroxyl groups excluding tert-OH is 1. The Bertz CT molecular complexity index is 1140. The summed E-state index contributed by atoms with van der Waals surface area (Å²) in [4.78, 5) is 12.9. The fourth-order valence-electron chi connectivity index (χ4n) is 3.48. The molecular weight excluding hydrogens is 398 g/mol. The van der Waals surface area contributed by atoms with E-state index in [1.165, 1.54) is 7.11 Å². The Morgan fingerprint density at radius 2 is 2.06 bits per heavy atom. The first kappa shape index (κ1) is 20.7. The van der Waals surface area contributed by atoms with E-state index in [0.29, 0.717) is 28.1 Å². The zero-order valence-corrected chi connectivity index (χ0v) is 17.6. The Morgan fingerprint density at radius 1 is 1.26 bits per heavy atom. The minimum atomic E-state index is -0.345. The Morgan fingerprint density at radius 3 is 2.81 bits per heavy atom. The van der Waals surface area contributed by atoms with Crippen molar-refractivity contribution < 1.29 is 24.1 Å². The van der Waals surface area contributed by atoms with Gasteiger partial charge in [-0.3, -0.25) is 9.89 Å². The van der Waals surface area contributed by atoms with Crippen molar-refractivity contribution in [2.45, 2.75) is 19.9 Å². The topological polar surface area (TPSA) is 106 Å². The highest BCUT2D eigenvalue weighted by atomic mass is 16.7. The summed E-state index contributed by atoms with van der Waals surface area (Å²) >= 11 is 0. The standard InChI is InChI=1S/C23H25N3O5/c1-13(2)18(11-27)24-23(28)15-6-8-17-21(22(15)29-3)16(25-26-17)7-4-14-5-9-19-20(10-14)31-12-30-19/h4-10,13,18,27H,11-12H2,1-3H3,(H,24,28)(H,25,26). The van der Waals surface area contributed by atoms with Gasteiger partial charge in [0.05, 0.1) is 41.9 Å². The zero-order valence-electron chi connectivity index (χ0n) is 17.6. The van der Waals surface area contributed by atoms with Crippen LogP contribution >= 0.6 is 0 Å². The molecule has 0 spiro atoms. The van der Waals surface area contributed by atoms with Crippen molar-refractivity contribution in [1.82, 2.24) is 15.5 Å².